The average molecular weight is 364 g/mol. The minimum atomic E-state index is -0.135. The fourth-order valence-corrected chi connectivity index (χ4v) is 4.63. The predicted octanol–water partition coefficient (Wildman–Crippen LogP) is 2.51. The van der Waals surface area contributed by atoms with Crippen molar-refractivity contribution in [2.24, 2.45) is 0 Å². The van der Waals surface area contributed by atoms with E-state index in [1.165, 1.54) is 39.6 Å². The minimum Gasteiger partial charge on any atom is -0.354 e. The topological polar surface area (TPSA) is 62.3 Å². The van der Waals surface area contributed by atoms with Crippen LogP contribution in [-0.2, 0) is 24.1 Å². The molecular weight excluding hydrogens is 342 g/mol. The van der Waals surface area contributed by atoms with Crippen molar-refractivity contribution >= 4 is 34.5 Å². The molecule has 0 saturated carbocycles. The molecule has 0 aliphatic heterocycles. The standard InChI is InChI=1S/C17H21N3O2S2/c1-20(17(22)14-7-4-10-23-14)11-15(21)18-9-8-16-19-12-5-2-3-6-13(12)24-16/h4,7,10H,2-3,5-6,8-9,11H2,1H3,(H,18,21). The van der Waals surface area contributed by atoms with E-state index in [9.17, 15) is 9.59 Å². The number of nitrogens with one attached hydrogen (secondary N) is 1. The zero-order chi connectivity index (χ0) is 16.9. The molecule has 0 bridgehead atoms. The Kier molecular flexibility index (Phi) is 5.63. The van der Waals surface area contributed by atoms with Gasteiger partial charge in [-0.25, -0.2) is 4.98 Å². The molecule has 0 unspecified atom stereocenters. The van der Waals surface area contributed by atoms with E-state index >= 15 is 0 Å². The van der Waals surface area contributed by atoms with Crippen molar-refractivity contribution in [1.29, 1.82) is 0 Å². The monoisotopic (exact) mass is 363 g/mol. The Balaban J connectivity index is 1.42. The van der Waals surface area contributed by atoms with E-state index in [4.69, 9.17) is 0 Å². The third kappa shape index (κ3) is 4.21. The van der Waals surface area contributed by atoms with Crippen molar-refractivity contribution in [3.05, 3.63) is 38.0 Å². The molecule has 2 amide bonds. The summed E-state index contributed by atoms with van der Waals surface area (Å²) in [5.41, 5.74) is 1.26. The summed E-state index contributed by atoms with van der Waals surface area (Å²) in [4.78, 5) is 32.3. The summed E-state index contributed by atoms with van der Waals surface area (Å²) in [5.74, 6) is -0.253. The summed E-state index contributed by atoms with van der Waals surface area (Å²) in [6.45, 7) is 0.636. The number of amides is 2. The maximum absolute atomic E-state index is 12.1. The first-order valence-corrected chi connectivity index (χ1v) is 9.86. The van der Waals surface area contributed by atoms with Crippen molar-refractivity contribution in [3.8, 4) is 0 Å². The summed E-state index contributed by atoms with van der Waals surface area (Å²) in [7, 11) is 1.65. The van der Waals surface area contributed by atoms with Gasteiger partial charge in [0.2, 0.25) is 5.91 Å². The maximum atomic E-state index is 12.1. The van der Waals surface area contributed by atoms with E-state index in [-0.39, 0.29) is 18.4 Å². The molecule has 2 heterocycles. The van der Waals surface area contributed by atoms with Crippen molar-refractivity contribution in [2.45, 2.75) is 32.1 Å². The van der Waals surface area contributed by atoms with Gasteiger partial charge in [0.1, 0.15) is 0 Å². The van der Waals surface area contributed by atoms with E-state index in [0.717, 1.165) is 24.3 Å². The quantitative estimate of drug-likeness (QED) is 0.858. The number of carbonyl (C=O) groups is 2. The molecule has 24 heavy (non-hydrogen) atoms. The molecule has 2 aromatic rings. The third-order valence-electron chi connectivity index (χ3n) is 4.01. The second-order valence-corrected chi connectivity index (χ2v) is 8.04. The minimum absolute atomic E-state index is 0.0745. The molecule has 0 atom stereocenters. The highest BCUT2D eigenvalue weighted by Gasteiger charge is 2.17. The lowest BCUT2D eigenvalue weighted by atomic mass is 10.0. The molecular formula is C17H21N3O2S2. The van der Waals surface area contributed by atoms with E-state index in [1.54, 1.807) is 24.5 Å². The highest BCUT2D eigenvalue weighted by atomic mass is 32.1. The molecule has 1 N–H and O–H groups in total. The third-order valence-corrected chi connectivity index (χ3v) is 6.09. The van der Waals surface area contributed by atoms with Gasteiger partial charge in [0.15, 0.2) is 0 Å². The lowest BCUT2D eigenvalue weighted by Gasteiger charge is -2.15. The number of likely N-dealkylation sites (N-methyl/N-ethyl adjacent to an activating group) is 1. The first kappa shape index (κ1) is 17.1. The molecule has 2 aromatic heterocycles. The van der Waals surface area contributed by atoms with Crippen LogP contribution in [-0.4, -0.2) is 41.8 Å². The fraction of sp³-hybridized carbons (Fsp3) is 0.471. The lowest BCUT2D eigenvalue weighted by molar-refractivity contribution is -0.121. The van der Waals surface area contributed by atoms with E-state index in [2.05, 4.69) is 10.3 Å². The van der Waals surface area contributed by atoms with E-state index < -0.39 is 0 Å². The van der Waals surface area contributed by atoms with Crippen LogP contribution in [0.25, 0.3) is 0 Å². The Labute approximate surface area is 149 Å². The van der Waals surface area contributed by atoms with Gasteiger partial charge >= 0.3 is 0 Å². The van der Waals surface area contributed by atoms with Crippen LogP contribution in [0.2, 0.25) is 0 Å². The molecule has 0 aromatic carbocycles. The number of aromatic nitrogens is 1. The second-order valence-electron chi connectivity index (χ2n) is 5.92. The molecule has 128 valence electrons. The van der Waals surface area contributed by atoms with Gasteiger partial charge in [0.05, 0.1) is 22.1 Å². The van der Waals surface area contributed by atoms with E-state index in [0.29, 0.717) is 11.4 Å². The van der Waals surface area contributed by atoms with Crippen molar-refractivity contribution in [1.82, 2.24) is 15.2 Å². The summed E-state index contributed by atoms with van der Waals surface area (Å²) in [6, 6.07) is 3.60. The molecule has 0 fully saturated rings. The van der Waals surface area contributed by atoms with Gasteiger partial charge in [-0.2, -0.15) is 0 Å². The van der Waals surface area contributed by atoms with Crippen LogP contribution in [0.4, 0.5) is 0 Å². The second kappa shape index (κ2) is 7.90. The van der Waals surface area contributed by atoms with Crippen molar-refractivity contribution < 1.29 is 9.59 Å². The van der Waals surface area contributed by atoms with Crippen LogP contribution >= 0.6 is 22.7 Å². The van der Waals surface area contributed by atoms with Gasteiger partial charge in [-0.05, 0) is 37.1 Å². The van der Waals surface area contributed by atoms with Gasteiger partial charge in [0.25, 0.3) is 5.91 Å². The highest BCUT2D eigenvalue weighted by Crippen LogP contribution is 2.26. The van der Waals surface area contributed by atoms with Crippen LogP contribution in [0.5, 0.6) is 0 Å². The first-order chi connectivity index (χ1) is 11.6. The number of thiazole rings is 1. The van der Waals surface area contributed by atoms with Crippen molar-refractivity contribution in [2.75, 3.05) is 20.1 Å². The van der Waals surface area contributed by atoms with Crippen LogP contribution < -0.4 is 5.32 Å². The Hall–Kier alpha value is -1.73. The van der Waals surface area contributed by atoms with E-state index in [1.807, 2.05) is 11.4 Å². The summed E-state index contributed by atoms with van der Waals surface area (Å²) >= 11 is 3.16. The molecule has 1 aliphatic rings. The predicted molar refractivity (Wildman–Crippen MR) is 96.7 cm³/mol. The summed E-state index contributed by atoms with van der Waals surface area (Å²) in [5, 5.41) is 5.84. The zero-order valence-corrected chi connectivity index (χ0v) is 15.3. The van der Waals surface area contributed by atoms with Crippen LogP contribution in [0.1, 0.15) is 38.1 Å². The van der Waals surface area contributed by atoms with Gasteiger partial charge < -0.3 is 10.2 Å². The number of rotatable bonds is 6. The smallest absolute Gasteiger partial charge is 0.264 e. The number of hydrogen-bond donors (Lipinski definition) is 1. The van der Waals surface area contributed by atoms with Gasteiger partial charge in [0, 0.05) is 24.9 Å². The number of fused-ring (bicyclic) bond motifs is 1. The van der Waals surface area contributed by atoms with Gasteiger partial charge in [-0.15, -0.1) is 22.7 Å². The van der Waals surface area contributed by atoms with Crippen LogP contribution in [0.15, 0.2) is 17.5 Å². The summed E-state index contributed by atoms with van der Waals surface area (Å²) in [6.07, 6.45) is 5.49. The Morgan fingerprint density at radius 1 is 1.33 bits per heavy atom. The zero-order valence-electron chi connectivity index (χ0n) is 13.7. The highest BCUT2D eigenvalue weighted by molar-refractivity contribution is 7.12. The number of thiophene rings is 1. The molecule has 7 heteroatoms. The molecule has 3 rings (SSSR count). The van der Waals surface area contributed by atoms with Crippen molar-refractivity contribution in [3.63, 3.8) is 0 Å². The van der Waals surface area contributed by atoms with Gasteiger partial charge in [-0.1, -0.05) is 6.07 Å². The molecule has 0 radical (unpaired) electrons. The Morgan fingerprint density at radius 2 is 2.17 bits per heavy atom. The normalized spacial score (nSPS) is 13.4. The molecule has 0 saturated heterocycles. The maximum Gasteiger partial charge on any atom is 0.264 e. The number of carbonyl (C=O) groups excluding carboxylic acids is 2. The molecule has 1 aliphatic carbocycles. The first-order valence-electron chi connectivity index (χ1n) is 8.16. The van der Waals surface area contributed by atoms with Crippen LogP contribution in [0.3, 0.4) is 0 Å². The Morgan fingerprint density at radius 3 is 2.92 bits per heavy atom. The average Bonchev–Trinajstić information content (AvgIpc) is 3.23. The number of aryl methyl sites for hydroxylation is 2. The van der Waals surface area contributed by atoms with Gasteiger partial charge in [-0.3, -0.25) is 9.59 Å². The SMILES string of the molecule is CN(CC(=O)NCCc1nc2c(s1)CCCC2)C(=O)c1cccs1. The Bertz CT molecular complexity index is 686. The lowest BCUT2D eigenvalue weighted by Crippen LogP contribution is -2.38. The van der Waals surface area contributed by atoms with Crippen LogP contribution in [0, 0.1) is 0 Å². The fourth-order valence-electron chi connectivity index (χ4n) is 2.75. The largest absolute Gasteiger partial charge is 0.354 e. The summed E-state index contributed by atoms with van der Waals surface area (Å²) < 4.78 is 0. The molecule has 5 nitrogen and oxygen atoms in total. The number of hydrogen-bond acceptors (Lipinski definition) is 5. The number of nitrogens with zero attached hydrogens (tertiary/aromatic N) is 2. The molecule has 0 spiro atoms.